The van der Waals surface area contributed by atoms with Crippen LogP contribution in [0.2, 0.25) is 0 Å². The maximum absolute atomic E-state index is 12.9. The average molecular weight is 298 g/mol. The molecule has 0 aliphatic heterocycles. The number of aliphatic carboxylic acids is 1. The molecule has 5 heteroatoms. The number of amides is 1. The first-order chi connectivity index (χ1) is 10.6. The normalized spacial score (nSPS) is 15.5. The molecular formula is C17H18N2O3. The molecule has 1 atom stereocenters. The fraction of sp³-hybridized carbons (Fsp3) is 0.353. The molecule has 114 valence electrons. The molecule has 5 nitrogen and oxygen atoms in total. The molecule has 1 saturated carbocycles. The number of hydrogen-bond acceptors (Lipinski definition) is 3. The lowest BCUT2D eigenvalue weighted by molar-refractivity contribution is -0.141. The number of nitrogens with zero attached hydrogens (tertiary/aromatic N) is 2. The van der Waals surface area contributed by atoms with Crippen molar-refractivity contribution in [2.75, 3.05) is 6.54 Å². The van der Waals surface area contributed by atoms with Crippen LogP contribution in [0.1, 0.15) is 30.1 Å². The number of carbonyl (C=O) groups is 2. The Bertz CT molecular complexity index is 719. The number of rotatable bonds is 5. The number of carboxylic acid groups (broad SMARTS) is 1. The predicted molar refractivity (Wildman–Crippen MR) is 82.6 cm³/mol. The fourth-order valence-electron chi connectivity index (χ4n) is 2.60. The third-order valence-electron chi connectivity index (χ3n) is 4.04. The summed E-state index contributed by atoms with van der Waals surface area (Å²) in [5.74, 6) is -1.58. The lowest BCUT2D eigenvalue weighted by Crippen LogP contribution is -2.38. The van der Waals surface area contributed by atoms with Gasteiger partial charge in [-0.25, -0.2) is 0 Å². The summed E-state index contributed by atoms with van der Waals surface area (Å²) in [5, 5.41) is 10.9. The van der Waals surface area contributed by atoms with E-state index in [1.54, 1.807) is 24.2 Å². The van der Waals surface area contributed by atoms with Gasteiger partial charge in [-0.3, -0.25) is 14.6 Å². The van der Waals surface area contributed by atoms with Gasteiger partial charge < -0.3 is 10.0 Å². The van der Waals surface area contributed by atoms with E-state index >= 15 is 0 Å². The van der Waals surface area contributed by atoms with Crippen molar-refractivity contribution in [3.05, 3.63) is 42.2 Å². The van der Waals surface area contributed by atoms with Gasteiger partial charge in [0.15, 0.2) is 0 Å². The van der Waals surface area contributed by atoms with E-state index in [1.165, 1.54) is 0 Å². The van der Waals surface area contributed by atoms with Crippen LogP contribution in [0, 0.1) is 5.92 Å². The summed E-state index contributed by atoms with van der Waals surface area (Å²) in [6, 6.07) is 7.77. The van der Waals surface area contributed by atoms with Gasteiger partial charge in [0.25, 0.3) is 5.91 Å². The van der Waals surface area contributed by atoms with Gasteiger partial charge in [0.05, 0.1) is 11.5 Å². The maximum Gasteiger partial charge on any atom is 0.308 e. The minimum absolute atomic E-state index is 0.125. The van der Waals surface area contributed by atoms with Crippen molar-refractivity contribution in [2.24, 2.45) is 5.92 Å². The highest BCUT2D eigenvalue weighted by atomic mass is 16.4. The summed E-state index contributed by atoms with van der Waals surface area (Å²) < 4.78 is 0. The summed E-state index contributed by atoms with van der Waals surface area (Å²) >= 11 is 0. The van der Waals surface area contributed by atoms with Gasteiger partial charge in [0.1, 0.15) is 0 Å². The smallest absolute Gasteiger partial charge is 0.308 e. The molecule has 0 spiro atoms. The highest BCUT2D eigenvalue weighted by Gasteiger charge is 2.35. The summed E-state index contributed by atoms with van der Waals surface area (Å²) in [6.45, 7) is 1.87. The number of carboxylic acids is 1. The molecule has 1 aromatic carbocycles. The molecule has 0 bridgehead atoms. The molecule has 1 N–H and O–H groups in total. The molecule has 2 aromatic rings. The highest BCUT2D eigenvalue weighted by Crippen LogP contribution is 2.30. The van der Waals surface area contributed by atoms with Gasteiger partial charge >= 0.3 is 5.97 Å². The van der Waals surface area contributed by atoms with E-state index in [0.717, 1.165) is 23.6 Å². The first kappa shape index (κ1) is 14.5. The molecular weight excluding hydrogens is 280 g/mol. The monoisotopic (exact) mass is 298 g/mol. The Balaban J connectivity index is 1.94. The van der Waals surface area contributed by atoms with Gasteiger partial charge in [0, 0.05) is 30.4 Å². The summed E-state index contributed by atoms with van der Waals surface area (Å²) in [6.07, 6.45) is 5.19. The summed E-state index contributed by atoms with van der Waals surface area (Å²) in [4.78, 5) is 29.8. The first-order valence-electron chi connectivity index (χ1n) is 7.44. The highest BCUT2D eigenvalue weighted by molar-refractivity contribution is 6.06. The van der Waals surface area contributed by atoms with Gasteiger partial charge in [-0.05, 0) is 18.2 Å². The van der Waals surface area contributed by atoms with Crippen LogP contribution in [-0.4, -0.2) is 39.5 Å². The Labute approximate surface area is 128 Å². The Kier molecular flexibility index (Phi) is 3.79. The number of benzene rings is 1. The molecule has 1 fully saturated rings. The van der Waals surface area contributed by atoms with Crippen molar-refractivity contribution in [1.82, 2.24) is 9.88 Å². The number of carbonyl (C=O) groups excluding carboxylic acids is 1. The molecule has 1 unspecified atom stereocenters. The van der Waals surface area contributed by atoms with E-state index in [-0.39, 0.29) is 18.5 Å². The van der Waals surface area contributed by atoms with Crippen molar-refractivity contribution in [2.45, 2.75) is 25.8 Å². The minimum atomic E-state index is -0.880. The van der Waals surface area contributed by atoms with Crippen molar-refractivity contribution in [3.63, 3.8) is 0 Å². The zero-order valence-electron chi connectivity index (χ0n) is 12.4. The van der Waals surface area contributed by atoms with Crippen LogP contribution < -0.4 is 0 Å². The van der Waals surface area contributed by atoms with E-state index < -0.39 is 11.9 Å². The van der Waals surface area contributed by atoms with Gasteiger partial charge in [-0.15, -0.1) is 0 Å². The molecule has 3 rings (SSSR count). The van der Waals surface area contributed by atoms with E-state index in [1.807, 2.05) is 24.3 Å². The van der Waals surface area contributed by atoms with E-state index in [0.29, 0.717) is 5.56 Å². The third-order valence-corrected chi connectivity index (χ3v) is 4.04. The van der Waals surface area contributed by atoms with Crippen LogP contribution in [0.4, 0.5) is 0 Å². The predicted octanol–water partition coefficient (Wildman–Crippen LogP) is 2.56. The molecule has 1 heterocycles. The molecule has 0 radical (unpaired) electrons. The SMILES string of the molecule is CC(CN(C(=O)c1cncc2ccccc12)C1CC1)C(=O)O. The summed E-state index contributed by atoms with van der Waals surface area (Å²) in [7, 11) is 0. The van der Waals surface area contributed by atoms with Crippen LogP contribution in [0.25, 0.3) is 10.8 Å². The molecule has 1 aliphatic rings. The largest absolute Gasteiger partial charge is 0.481 e. The van der Waals surface area contributed by atoms with Gasteiger partial charge in [-0.1, -0.05) is 31.2 Å². The van der Waals surface area contributed by atoms with Crippen molar-refractivity contribution in [3.8, 4) is 0 Å². The number of fused-ring (bicyclic) bond motifs is 1. The second-order valence-corrected chi connectivity index (χ2v) is 5.84. The van der Waals surface area contributed by atoms with Crippen LogP contribution >= 0.6 is 0 Å². The minimum Gasteiger partial charge on any atom is -0.481 e. The zero-order chi connectivity index (χ0) is 15.7. The second kappa shape index (κ2) is 5.75. The zero-order valence-corrected chi connectivity index (χ0v) is 12.4. The van der Waals surface area contributed by atoms with Crippen LogP contribution in [0.3, 0.4) is 0 Å². The van der Waals surface area contributed by atoms with Crippen LogP contribution in [0.15, 0.2) is 36.7 Å². The molecule has 1 amide bonds. The van der Waals surface area contributed by atoms with Crippen molar-refractivity contribution >= 4 is 22.6 Å². The average Bonchev–Trinajstić information content (AvgIpc) is 3.35. The van der Waals surface area contributed by atoms with Crippen molar-refractivity contribution < 1.29 is 14.7 Å². The Morgan fingerprint density at radius 1 is 1.32 bits per heavy atom. The van der Waals surface area contributed by atoms with Gasteiger partial charge in [0.2, 0.25) is 0 Å². The van der Waals surface area contributed by atoms with E-state index in [2.05, 4.69) is 4.98 Å². The lowest BCUT2D eigenvalue weighted by Gasteiger charge is -2.24. The van der Waals surface area contributed by atoms with E-state index in [4.69, 9.17) is 5.11 Å². The maximum atomic E-state index is 12.9. The fourth-order valence-corrected chi connectivity index (χ4v) is 2.60. The molecule has 1 aromatic heterocycles. The second-order valence-electron chi connectivity index (χ2n) is 5.84. The molecule has 22 heavy (non-hydrogen) atoms. The number of aromatic nitrogens is 1. The Morgan fingerprint density at radius 3 is 2.73 bits per heavy atom. The first-order valence-corrected chi connectivity index (χ1v) is 7.44. The number of hydrogen-bond donors (Lipinski definition) is 1. The molecule has 0 saturated heterocycles. The quantitative estimate of drug-likeness (QED) is 0.921. The lowest BCUT2D eigenvalue weighted by atomic mass is 10.1. The molecule has 1 aliphatic carbocycles. The summed E-state index contributed by atoms with van der Waals surface area (Å²) in [5.41, 5.74) is 0.544. The Morgan fingerprint density at radius 2 is 2.05 bits per heavy atom. The Hall–Kier alpha value is -2.43. The van der Waals surface area contributed by atoms with Crippen molar-refractivity contribution in [1.29, 1.82) is 0 Å². The van der Waals surface area contributed by atoms with Crippen LogP contribution in [-0.2, 0) is 4.79 Å². The van der Waals surface area contributed by atoms with Gasteiger partial charge in [-0.2, -0.15) is 0 Å². The van der Waals surface area contributed by atoms with Crippen LogP contribution in [0.5, 0.6) is 0 Å². The third kappa shape index (κ3) is 2.79. The number of pyridine rings is 1. The van der Waals surface area contributed by atoms with E-state index in [9.17, 15) is 9.59 Å². The topological polar surface area (TPSA) is 70.5 Å². The standard InChI is InChI=1S/C17H18N2O3/c1-11(17(21)22)10-19(13-6-7-13)16(20)15-9-18-8-12-4-2-3-5-14(12)15/h2-5,8-9,11,13H,6-7,10H2,1H3,(H,21,22).